The Morgan fingerprint density at radius 2 is 1.61 bits per heavy atom. The third-order valence-electron chi connectivity index (χ3n) is 7.84. The highest BCUT2D eigenvalue weighted by atomic mass is 16.5. The minimum absolute atomic E-state index is 0.000736. The molecule has 7 nitrogen and oxygen atoms in total. The largest absolute Gasteiger partial charge is 0.508 e. The fourth-order valence-electron chi connectivity index (χ4n) is 5.59. The van der Waals surface area contributed by atoms with E-state index in [0.29, 0.717) is 50.0 Å². The van der Waals surface area contributed by atoms with Gasteiger partial charge in [0.15, 0.2) is 0 Å². The van der Waals surface area contributed by atoms with Crippen molar-refractivity contribution < 1.29 is 24.1 Å². The zero-order chi connectivity index (χ0) is 28.0. The van der Waals surface area contributed by atoms with Gasteiger partial charge in [-0.2, -0.15) is 0 Å². The molecule has 0 saturated carbocycles. The Labute approximate surface area is 240 Å². The maximum absolute atomic E-state index is 13.2. The van der Waals surface area contributed by atoms with Crippen LogP contribution >= 0.6 is 0 Å². The molecule has 0 aliphatic carbocycles. The lowest BCUT2D eigenvalue weighted by atomic mass is 9.97. The van der Waals surface area contributed by atoms with Crippen molar-refractivity contribution in [3.63, 3.8) is 0 Å². The maximum Gasteiger partial charge on any atom is 0.254 e. The van der Waals surface area contributed by atoms with Crippen LogP contribution in [0.15, 0.2) is 78.9 Å². The fourth-order valence-corrected chi connectivity index (χ4v) is 5.59. The summed E-state index contributed by atoms with van der Waals surface area (Å²) in [6.07, 6.45) is 3.88. The molecule has 1 amide bonds. The lowest BCUT2D eigenvalue weighted by molar-refractivity contribution is 0.0303. The minimum atomic E-state index is -0.000736. The van der Waals surface area contributed by atoms with Crippen molar-refractivity contribution in [1.82, 2.24) is 9.80 Å². The van der Waals surface area contributed by atoms with Crippen LogP contribution in [0.2, 0.25) is 0 Å². The molecule has 1 N–H and O–H groups in total. The molecule has 2 heterocycles. The molecule has 6 rings (SSSR count). The summed E-state index contributed by atoms with van der Waals surface area (Å²) in [6.45, 7) is 6.22. The van der Waals surface area contributed by atoms with Crippen LogP contribution in [0.3, 0.4) is 0 Å². The van der Waals surface area contributed by atoms with Crippen molar-refractivity contribution in [2.24, 2.45) is 0 Å². The number of carbonyl (C=O) groups excluding carboxylic acids is 1. The predicted molar refractivity (Wildman–Crippen MR) is 160 cm³/mol. The number of phenols is 1. The Morgan fingerprint density at radius 1 is 0.829 bits per heavy atom. The molecule has 7 heteroatoms. The third-order valence-corrected chi connectivity index (χ3v) is 7.84. The van der Waals surface area contributed by atoms with E-state index >= 15 is 0 Å². The van der Waals surface area contributed by atoms with Crippen molar-refractivity contribution in [2.75, 3.05) is 52.5 Å². The van der Waals surface area contributed by atoms with Gasteiger partial charge in [-0.3, -0.25) is 9.69 Å². The number of carbonyl (C=O) groups is 1. The summed E-state index contributed by atoms with van der Waals surface area (Å²) in [5, 5.41) is 11.8. The molecule has 212 valence electrons. The number of amides is 1. The van der Waals surface area contributed by atoms with Gasteiger partial charge in [0.05, 0.1) is 13.2 Å². The first-order valence-electron chi connectivity index (χ1n) is 14.5. The number of likely N-dealkylation sites (tertiary alicyclic amines) is 1. The van der Waals surface area contributed by atoms with Gasteiger partial charge < -0.3 is 24.2 Å². The van der Waals surface area contributed by atoms with Crippen molar-refractivity contribution in [1.29, 1.82) is 0 Å². The predicted octanol–water partition coefficient (Wildman–Crippen LogP) is 6.34. The average molecular weight is 553 g/mol. The Kier molecular flexibility index (Phi) is 8.35. The van der Waals surface area contributed by atoms with Crippen LogP contribution in [0.1, 0.15) is 29.6 Å². The zero-order valence-electron chi connectivity index (χ0n) is 23.3. The molecular formula is C34H36N2O5. The van der Waals surface area contributed by atoms with Crippen LogP contribution < -0.4 is 9.47 Å². The summed E-state index contributed by atoms with van der Waals surface area (Å²) < 4.78 is 18.0. The van der Waals surface area contributed by atoms with Gasteiger partial charge in [-0.1, -0.05) is 24.6 Å². The van der Waals surface area contributed by atoms with E-state index in [4.69, 9.17) is 14.2 Å². The number of nitrogens with zero attached hydrogens (tertiary/aromatic N) is 2. The standard InChI is InChI=1S/C34H36N2O5/c37-28-8-14-32-26(24-28)7-13-31(25-5-4-6-27(23-25)34(38)36-18-20-39-21-19-36)33(32)41-30-11-9-29(10-12-30)40-22-17-35-15-2-1-3-16-35/h4-14,23-24,37H,1-3,15-22H2. The highest BCUT2D eigenvalue weighted by Gasteiger charge is 2.20. The van der Waals surface area contributed by atoms with E-state index < -0.39 is 0 Å². The number of rotatable bonds is 8. The lowest BCUT2D eigenvalue weighted by Gasteiger charge is -2.27. The number of hydrogen-bond donors (Lipinski definition) is 1. The number of piperidine rings is 1. The summed E-state index contributed by atoms with van der Waals surface area (Å²) in [4.78, 5) is 17.5. The molecule has 2 fully saturated rings. The summed E-state index contributed by atoms with van der Waals surface area (Å²) in [5.41, 5.74) is 2.38. The fraction of sp³-hybridized carbons (Fsp3) is 0.324. The van der Waals surface area contributed by atoms with Crippen LogP contribution in [-0.4, -0.2) is 73.4 Å². The molecule has 2 aliphatic rings. The topological polar surface area (TPSA) is 71.5 Å². The van der Waals surface area contributed by atoms with Gasteiger partial charge in [-0.05, 0) is 97.5 Å². The van der Waals surface area contributed by atoms with Crippen molar-refractivity contribution in [3.8, 4) is 34.1 Å². The number of ether oxygens (including phenoxy) is 3. The van der Waals surface area contributed by atoms with Crippen LogP contribution in [0.5, 0.6) is 23.0 Å². The Bertz CT molecular complexity index is 1490. The van der Waals surface area contributed by atoms with Crippen LogP contribution in [0, 0.1) is 0 Å². The van der Waals surface area contributed by atoms with E-state index in [1.165, 1.54) is 19.3 Å². The SMILES string of the molecule is O=C(c1cccc(-c2ccc3cc(O)ccc3c2Oc2ccc(OCCN3CCCCC3)cc2)c1)N1CCOCC1. The number of phenolic OH excluding ortho intramolecular Hbond substituents is 1. The van der Waals surface area contributed by atoms with Gasteiger partial charge in [0.25, 0.3) is 5.91 Å². The molecule has 0 aromatic heterocycles. The lowest BCUT2D eigenvalue weighted by Crippen LogP contribution is -2.40. The normalized spacial score (nSPS) is 16.0. The highest BCUT2D eigenvalue weighted by molar-refractivity contribution is 5.99. The molecule has 0 atom stereocenters. The summed E-state index contributed by atoms with van der Waals surface area (Å²) in [7, 11) is 0. The molecule has 4 aromatic rings. The molecule has 0 radical (unpaired) electrons. The Morgan fingerprint density at radius 3 is 2.41 bits per heavy atom. The van der Waals surface area contributed by atoms with E-state index in [2.05, 4.69) is 4.90 Å². The first-order chi connectivity index (χ1) is 20.1. The average Bonchev–Trinajstić information content (AvgIpc) is 3.02. The smallest absolute Gasteiger partial charge is 0.254 e. The van der Waals surface area contributed by atoms with Crippen LogP contribution in [-0.2, 0) is 4.74 Å². The van der Waals surface area contributed by atoms with Gasteiger partial charge in [0, 0.05) is 36.1 Å². The maximum atomic E-state index is 13.2. The number of hydrogen-bond acceptors (Lipinski definition) is 6. The molecule has 0 bridgehead atoms. The molecule has 0 unspecified atom stereocenters. The second kappa shape index (κ2) is 12.6. The highest BCUT2D eigenvalue weighted by Crippen LogP contribution is 2.41. The molecule has 2 aliphatic heterocycles. The van der Waals surface area contributed by atoms with Crippen LogP contribution in [0.25, 0.3) is 21.9 Å². The molecule has 0 spiro atoms. The van der Waals surface area contributed by atoms with E-state index in [0.717, 1.165) is 47.3 Å². The molecule has 41 heavy (non-hydrogen) atoms. The second-order valence-corrected chi connectivity index (χ2v) is 10.7. The van der Waals surface area contributed by atoms with Crippen LogP contribution in [0.4, 0.5) is 0 Å². The summed E-state index contributed by atoms with van der Waals surface area (Å²) in [6, 6.07) is 24.6. The van der Waals surface area contributed by atoms with Crippen molar-refractivity contribution >= 4 is 16.7 Å². The van der Waals surface area contributed by atoms with Crippen molar-refractivity contribution in [2.45, 2.75) is 19.3 Å². The zero-order valence-corrected chi connectivity index (χ0v) is 23.3. The van der Waals surface area contributed by atoms with Gasteiger partial charge >= 0.3 is 0 Å². The number of morpholine rings is 1. The first-order valence-corrected chi connectivity index (χ1v) is 14.5. The molecular weight excluding hydrogens is 516 g/mol. The third kappa shape index (κ3) is 6.47. The van der Waals surface area contributed by atoms with Gasteiger partial charge in [-0.15, -0.1) is 0 Å². The van der Waals surface area contributed by atoms with E-state index in [1.807, 2.05) is 71.6 Å². The van der Waals surface area contributed by atoms with Crippen molar-refractivity contribution in [3.05, 3.63) is 84.4 Å². The van der Waals surface area contributed by atoms with E-state index in [1.54, 1.807) is 12.1 Å². The monoisotopic (exact) mass is 552 g/mol. The quantitative estimate of drug-likeness (QED) is 0.275. The van der Waals surface area contributed by atoms with Gasteiger partial charge in [0.2, 0.25) is 0 Å². The summed E-state index contributed by atoms with van der Waals surface area (Å²) in [5.74, 6) is 2.35. The summed E-state index contributed by atoms with van der Waals surface area (Å²) >= 11 is 0. The Balaban J connectivity index is 1.25. The molecule has 4 aromatic carbocycles. The van der Waals surface area contributed by atoms with E-state index in [9.17, 15) is 9.90 Å². The van der Waals surface area contributed by atoms with Gasteiger partial charge in [-0.25, -0.2) is 0 Å². The number of benzene rings is 4. The minimum Gasteiger partial charge on any atom is -0.508 e. The number of fused-ring (bicyclic) bond motifs is 1. The second-order valence-electron chi connectivity index (χ2n) is 10.7. The first kappa shape index (κ1) is 27.1. The Hall–Kier alpha value is -4.07. The number of aromatic hydroxyl groups is 1. The van der Waals surface area contributed by atoms with Gasteiger partial charge in [0.1, 0.15) is 29.6 Å². The molecule has 2 saturated heterocycles. The van der Waals surface area contributed by atoms with E-state index in [-0.39, 0.29) is 11.7 Å².